The Morgan fingerprint density at radius 1 is 1.08 bits per heavy atom. The maximum atomic E-state index is 12.4. The molecule has 1 heterocycles. The van der Waals surface area contributed by atoms with Crippen LogP contribution in [0.25, 0.3) is 0 Å². The smallest absolute Gasteiger partial charge is 0.327 e. The molecule has 0 spiro atoms. The summed E-state index contributed by atoms with van der Waals surface area (Å²) in [6.07, 6.45) is 1.76. The fourth-order valence-corrected chi connectivity index (χ4v) is 2.65. The third-order valence-corrected chi connectivity index (χ3v) is 4.19. The maximum absolute atomic E-state index is 12.4. The molecule has 0 atom stereocenters. The molecule has 0 saturated heterocycles. The highest BCUT2D eigenvalue weighted by Gasteiger charge is 2.27. The van der Waals surface area contributed by atoms with Gasteiger partial charge in [0, 0.05) is 11.7 Å². The Morgan fingerprint density at radius 2 is 1.77 bits per heavy atom. The molecule has 1 fully saturated rings. The van der Waals surface area contributed by atoms with Crippen LogP contribution in [0.15, 0.2) is 30.3 Å². The number of nitrogens with one attached hydrogen (secondary N) is 3. The van der Waals surface area contributed by atoms with Gasteiger partial charge in [-0.1, -0.05) is 30.3 Å². The summed E-state index contributed by atoms with van der Waals surface area (Å²) in [5.41, 5.74) is 7.09. The van der Waals surface area contributed by atoms with Crippen LogP contribution in [-0.4, -0.2) is 33.5 Å². The quantitative estimate of drug-likeness (QED) is 0.551. The zero-order valence-electron chi connectivity index (χ0n) is 14.7. The Morgan fingerprint density at radius 3 is 2.42 bits per heavy atom. The fraction of sp³-hybridized carbons (Fsp3) is 0.333. The van der Waals surface area contributed by atoms with Gasteiger partial charge in [-0.25, -0.2) is 0 Å². The molecular weight excluding hydrogens is 334 g/mol. The standard InChI is InChI=1S/C18H21N5O3/c1-11-15(12(2)23(22-11)10-13-6-4-3-5-7-13)16(24)20-21-18(26)17(25)19-14-8-9-14/h3-7,14H,8-10H2,1-2H3,(H,19,25)(H,20,24)(H,21,26). The van der Waals surface area contributed by atoms with Gasteiger partial charge in [-0.05, 0) is 32.3 Å². The monoisotopic (exact) mass is 355 g/mol. The van der Waals surface area contributed by atoms with Crippen molar-refractivity contribution in [2.24, 2.45) is 0 Å². The van der Waals surface area contributed by atoms with E-state index in [4.69, 9.17) is 0 Å². The molecule has 1 aliphatic rings. The summed E-state index contributed by atoms with van der Waals surface area (Å²) < 4.78 is 1.74. The second kappa shape index (κ2) is 7.38. The number of rotatable bonds is 4. The molecule has 0 aliphatic heterocycles. The van der Waals surface area contributed by atoms with E-state index in [0.717, 1.165) is 18.4 Å². The van der Waals surface area contributed by atoms with Crippen LogP contribution in [0.4, 0.5) is 0 Å². The highest BCUT2D eigenvalue weighted by Crippen LogP contribution is 2.18. The fourth-order valence-electron chi connectivity index (χ4n) is 2.65. The average Bonchev–Trinajstić information content (AvgIpc) is 3.39. The first-order valence-corrected chi connectivity index (χ1v) is 8.45. The predicted molar refractivity (Wildman–Crippen MR) is 94.0 cm³/mol. The summed E-state index contributed by atoms with van der Waals surface area (Å²) >= 11 is 0. The van der Waals surface area contributed by atoms with Crippen molar-refractivity contribution in [1.29, 1.82) is 0 Å². The molecule has 136 valence electrons. The Bertz CT molecular complexity index is 840. The lowest BCUT2D eigenvalue weighted by Crippen LogP contribution is -2.49. The van der Waals surface area contributed by atoms with Crippen molar-refractivity contribution in [3.8, 4) is 0 Å². The molecule has 1 aromatic heterocycles. The minimum atomic E-state index is -0.891. The van der Waals surface area contributed by atoms with E-state index in [-0.39, 0.29) is 6.04 Å². The second-order valence-corrected chi connectivity index (χ2v) is 6.35. The number of aromatic nitrogens is 2. The van der Waals surface area contributed by atoms with Crippen LogP contribution in [0.2, 0.25) is 0 Å². The third-order valence-electron chi connectivity index (χ3n) is 4.19. The average molecular weight is 355 g/mol. The van der Waals surface area contributed by atoms with Gasteiger partial charge in [0.2, 0.25) is 0 Å². The van der Waals surface area contributed by atoms with Crippen molar-refractivity contribution in [2.45, 2.75) is 39.3 Å². The van der Waals surface area contributed by atoms with Gasteiger partial charge in [-0.2, -0.15) is 5.10 Å². The molecule has 1 aromatic carbocycles. The lowest BCUT2D eigenvalue weighted by Gasteiger charge is -2.08. The molecule has 2 aromatic rings. The van der Waals surface area contributed by atoms with E-state index in [1.165, 1.54) is 0 Å². The summed E-state index contributed by atoms with van der Waals surface area (Å²) in [5, 5.41) is 6.95. The van der Waals surface area contributed by atoms with Crippen molar-refractivity contribution in [3.05, 3.63) is 52.8 Å². The molecular formula is C18H21N5O3. The number of hydrogen-bond donors (Lipinski definition) is 3. The van der Waals surface area contributed by atoms with Crippen LogP contribution in [0.3, 0.4) is 0 Å². The number of amides is 3. The minimum Gasteiger partial charge on any atom is -0.345 e. The number of benzene rings is 1. The number of carbonyl (C=O) groups is 3. The number of hydrogen-bond acceptors (Lipinski definition) is 4. The largest absolute Gasteiger partial charge is 0.345 e. The van der Waals surface area contributed by atoms with Gasteiger partial charge in [-0.15, -0.1) is 0 Å². The Hall–Kier alpha value is -3.16. The topological polar surface area (TPSA) is 105 Å². The minimum absolute atomic E-state index is 0.0738. The SMILES string of the molecule is Cc1nn(Cc2ccccc2)c(C)c1C(=O)NNC(=O)C(=O)NC1CC1. The van der Waals surface area contributed by atoms with Crippen molar-refractivity contribution in [2.75, 3.05) is 0 Å². The van der Waals surface area contributed by atoms with E-state index in [0.29, 0.717) is 23.5 Å². The number of carbonyl (C=O) groups excluding carboxylic acids is 3. The number of hydrazine groups is 1. The highest BCUT2D eigenvalue weighted by molar-refractivity contribution is 6.35. The van der Waals surface area contributed by atoms with Gasteiger partial charge in [0.1, 0.15) is 0 Å². The molecule has 1 aliphatic carbocycles. The maximum Gasteiger partial charge on any atom is 0.327 e. The van der Waals surface area contributed by atoms with E-state index in [2.05, 4.69) is 21.3 Å². The predicted octanol–water partition coefficient (Wildman–Crippen LogP) is 0.588. The van der Waals surface area contributed by atoms with Crippen molar-refractivity contribution >= 4 is 17.7 Å². The van der Waals surface area contributed by atoms with Crippen LogP contribution in [-0.2, 0) is 16.1 Å². The van der Waals surface area contributed by atoms with E-state index in [1.54, 1.807) is 18.5 Å². The molecule has 26 heavy (non-hydrogen) atoms. The van der Waals surface area contributed by atoms with Crippen LogP contribution >= 0.6 is 0 Å². The van der Waals surface area contributed by atoms with Crippen molar-refractivity contribution < 1.29 is 14.4 Å². The summed E-state index contributed by atoms with van der Waals surface area (Å²) in [6, 6.07) is 9.85. The first-order chi connectivity index (χ1) is 12.5. The van der Waals surface area contributed by atoms with E-state index < -0.39 is 17.7 Å². The van der Waals surface area contributed by atoms with Crippen LogP contribution in [0, 0.1) is 13.8 Å². The van der Waals surface area contributed by atoms with Gasteiger partial charge in [0.25, 0.3) is 5.91 Å². The second-order valence-electron chi connectivity index (χ2n) is 6.35. The molecule has 3 N–H and O–H groups in total. The molecule has 1 saturated carbocycles. The molecule has 8 heteroatoms. The number of aryl methyl sites for hydroxylation is 1. The van der Waals surface area contributed by atoms with Crippen LogP contribution in [0.1, 0.15) is 40.2 Å². The summed E-state index contributed by atoms with van der Waals surface area (Å²) in [5.74, 6) is -2.15. The molecule has 3 amide bonds. The first kappa shape index (κ1) is 17.7. The van der Waals surface area contributed by atoms with Crippen molar-refractivity contribution in [1.82, 2.24) is 25.9 Å². The Kier molecular flexibility index (Phi) is 5.01. The van der Waals surface area contributed by atoms with Crippen LogP contribution < -0.4 is 16.2 Å². The third kappa shape index (κ3) is 4.08. The molecule has 3 rings (SSSR count). The van der Waals surface area contributed by atoms with E-state index in [9.17, 15) is 14.4 Å². The molecule has 0 bridgehead atoms. The van der Waals surface area contributed by atoms with Gasteiger partial charge < -0.3 is 5.32 Å². The molecule has 8 nitrogen and oxygen atoms in total. The van der Waals surface area contributed by atoms with Gasteiger partial charge >= 0.3 is 11.8 Å². The zero-order chi connectivity index (χ0) is 18.7. The van der Waals surface area contributed by atoms with Gasteiger partial charge in [0.05, 0.1) is 17.8 Å². The first-order valence-electron chi connectivity index (χ1n) is 8.45. The lowest BCUT2D eigenvalue weighted by molar-refractivity contribution is -0.139. The van der Waals surface area contributed by atoms with Gasteiger partial charge in [-0.3, -0.25) is 29.9 Å². The molecule has 0 unspecified atom stereocenters. The summed E-state index contributed by atoms with van der Waals surface area (Å²) in [6.45, 7) is 4.06. The van der Waals surface area contributed by atoms with Crippen LogP contribution in [0.5, 0.6) is 0 Å². The van der Waals surface area contributed by atoms with E-state index in [1.807, 2.05) is 30.3 Å². The highest BCUT2D eigenvalue weighted by atomic mass is 16.2. The normalized spacial score (nSPS) is 13.2. The van der Waals surface area contributed by atoms with Gasteiger partial charge in [0.15, 0.2) is 0 Å². The summed E-state index contributed by atoms with van der Waals surface area (Å²) in [4.78, 5) is 35.7. The number of nitrogens with zero attached hydrogens (tertiary/aromatic N) is 2. The summed E-state index contributed by atoms with van der Waals surface area (Å²) in [7, 11) is 0. The van der Waals surface area contributed by atoms with Crippen molar-refractivity contribution in [3.63, 3.8) is 0 Å². The van der Waals surface area contributed by atoms with E-state index >= 15 is 0 Å². The molecule has 0 radical (unpaired) electrons. The Labute approximate surface area is 150 Å². The zero-order valence-corrected chi connectivity index (χ0v) is 14.7. The Balaban J connectivity index is 1.63. The lowest BCUT2D eigenvalue weighted by atomic mass is 10.2.